The van der Waals surface area contributed by atoms with Crippen molar-refractivity contribution in [2.75, 3.05) is 0 Å². The summed E-state index contributed by atoms with van der Waals surface area (Å²) in [5.41, 5.74) is 7.15. The molecule has 2 aromatic heterocycles. The number of nitrogens with zero attached hydrogens (tertiary/aromatic N) is 4. The van der Waals surface area contributed by atoms with E-state index >= 15 is 0 Å². The van der Waals surface area contributed by atoms with Crippen molar-refractivity contribution in [1.29, 1.82) is 0 Å². The molecule has 0 aliphatic heterocycles. The minimum Gasteiger partial charge on any atom is -0.256 e. The van der Waals surface area contributed by atoms with Gasteiger partial charge in [0.05, 0.1) is 5.69 Å². The largest absolute Gasteiger partial charge is 0.256 e. The van der Waals surface area contributed by atoms with Crippen LogP contribution >= 0.6 is 0 Å². The zero-order valence-electron chi connectivity index (χ0n) is 30.3. The van der Waals surface area contributed by atoms with Crippen LogP contribution in [0.3, 0.4) is 0 Å². The quantitative estimate of drug-likeness (QED) is 0.132. The Labute approximate surface area is 323 Å². The van der Waals surface area contributed by atoms with Crippen molar-refractivity contribution in [1.82, 2.24) is 19.9 Å². The van der Waals surface area contributed by atoms with Crippen molar-refractivity contribution in [3.63, 3.8) is 0 Å². The second-order valence-corrected chi connectivity index (χ2v) is 14.2. The van der Waals surface area contributed by atoms with E-state index in [9.17, 15) is 0 Å². The molecule has 0 radical (unpaired) electrons. The molecule has 0 amide bonds. The molecule has 260 valence electrons. The van der Waals surface area contributed by atoms with E-state index in [1.54, 1.807) is 0 Å². The Balaban J connectivity index is 1.22. The van der Waals surface area contributed by atoms with Gasteiger partial charge in [-0.15, -0.1) is 0 Å². The molecule has 4 heteroatoms. The third kappa shape index (κ3) is 5.31. The molecule has 56 heavy (non-hydrogen) atoms. The van der Waals surface area contributed by atoms with Gasteiger partial charge in [0, 0.05) is 28.5 Å². The normalized spacial score (nSPS) is 11.6. The van der Waals surface area contributed by atoms with Crippen molar-refractivity contribution in [3.05, 3.63) is 194 Å². The maximum absolute atomic E-state index is 5.42. The van der Waals surface area contributed by atoms with E-state index in [0.717, 1.165) is 71.4 Å². The first-order valence-corrected chi connectivity index (χ1v) is 18.9. The Morgan fingerprint density at radius 3 is 1.70 bits per heavy atom. The lowest BCUT2D eigenvalue weighted by atomic mass is 9.88. The van der Waals surface area contributed by atoms with Crippen molar-refractivity contribution in [3.8, 4) is 56.5 Å². The smallest absolute Gasteiger partial charge is 0.165 e. The number of aromatic nitrogens is 4. The SMILES string of the molecule is c1ccc(-c2ccc3c(-c4nc(-c5ccccc5)nc(-c5cccc6c5ccc5cc7ccccc7cc56)n4)c4ccccc4c(-c4ccccn4)c3c2)cc1. The van der Waals surface area contributed by atoms with Crippen LogP contribution in [0.1, 0.15) is 0 Å². The van der Waals surface area contributed by atoms with Crippen LogP contribution in [0.2, 0.25) is 0 Å². The van der Waals surface area contributed by atoms with E-state index in [1.165, 1.54) is 21.5 Å². The summed E-state index contributed by atoms with van der Waals surface area (Å²) in [5, 5.41) is 11.4. The average molecular weight is 713 g/mol. The summed E-state index contributed by atoms with van der Waals surface area (Å²) in [5.74, 6) is 1.88. The van der Waals surface area contributed by atoms with Gasteiger partial charge in [0.15, 0.2) is 17.5 Å². The number of hydrogen-bond donors (Lipinski definition) is 0. The van der Waals surface area contributed by atoms with Crippen molar-refractivity contribution in [2.45, 2.75) is 0 Å². The van der Waals surface area contributed by atoms with Crippen molar-refractivity contribution < 1.29 is 0 Å². The van der Waals surface area contributed by atoms with E-state index < -0.39 is 0 Å². The minimum atomic E-state index is 0.624. The zero-order chi connectivity index (χ0) is 37.0. The molecule has 0 fully saturated rings. The minimum absolute atomic E-state index is 0.624. The molecule has 2 heterocycles. The van der Waals surface area contributed by atoms with E-state index in [0.29, 0.717) is 17.5 Å². The van der Waals surface area contributed by atoms with Crippen molar-refractivity contribution >= 4 is 53.9 Å². The summed E-state index contributed by atoms with van der Waals surface area (Å²) in [7, 11) is 0. The maximum Gasteiger partial charge on any atom is 0.165 e. The molecule has 0 atom stereocenters. The maximum atomic E-state index is 5.42. The summed E-state index contributed by atoms with van der Waals surface area (Å²) in [6.07, 6.45) is 1.87. The number of benzene rings is 9. The molecule has 0 saturated heterocycles. The summed E-state index contributed by atoms with van der Waals surface area (Å²) in [6, 6.07) is 66.2. The predicted molar refractivity (Wildman–Crippen MR) is 232 cm³/mol. The number of hydrogen-bond acceptors (Lipinski definition) is 4. The van der Waals surface area contributed by atoms with E-state index in [4.69, 9.17) is 19.9 Å². The van der Waals surface area contributed by atoms with E-state index in [1.807, 2.05) is 30.5 Å². The highest BCUT2D eigenvalue weighted by molar-refractivity contribution is 6.21. The molecule has 0 aliphatic carbocycles. The highest BCUT2D eigenvalue weighted by Crippen LogP contribution is 2.44. The number of fused-ring (bicyclic) bond motifs is 6. The van der Waals surface area contributed by atoms with Crippen LogP contribution in [0, 0.1) is 0 Å². The zero-order valence-corrected chi connectivity index (χ0v) is 30.3. The molecule has 0 spiro atoms. The molecule has 4 nitrogen and oxygen atoms in total. The molecule has 0 aliphatic rings. The molecule has 11 aromatic rings. The van der Waals surface area contributed by atoms with Gasteiger partial charge >= 0.3 is 0 Å². The Morgan fingerprint density at radius 2 is 0.911 bits per heavy atom. The second kappa shape index (κ2) is 13.1. The third-order valence-corrected chi connectivity index (χ3v) is 10.9. The van der Waals surface area contributed by atoms with Gasteiger partial charge in [-0.05, 0) is 95.3 Å². The van der Waals surface area contributed by atoms with Crippen LogP contribution in [0.4, 0.5) is 0 Å². The summed E-state index contributed by atoms with van der Waals surface area (Å²) in [4.78, 5) is 20.8. The number of rotatable bonds is 5. The predicted octanol–water partition coefficient (Wildman–Crippen LogP) is 13.4. The topological polar surface area (TPSA) is 51.6 Å². The fraction of sp³-hybridized carbons (Fsp3) is 0. The van der Waals surface area contributed by atoms with Crippen LogP contribution < -0.4 is 0 Å². The molecule has 0 unspecified atom stereocenters. The van der Waals surface area contributed by atoms with Crippen molar-refractivity contribution in [2.24, 2.45) is 0 Å². The summed E-state index contributed by atoms with van der Waals surface area (Å²) in [6.45, 7) is 0. The van der Waals surface area contributed by atoms with Crippen LogP contribution in [0.5, 0.6) is 0 Å². The Bertz CT molecular complexity index is 3290. The first kappa shape index (κ1) is 31.9. The third-order valence-electron chi connectivity index (χ3n) is 10.9. The lowest BCUT2D eigenvalue weighted by Gasteiger charge is -2.18. The molecule has 0 bridgehead atoms. The monoisotopic (exact) mass is 712 g/mol. The fourth-order valence-electron chi connectivity index (χ4n) is 8.32. The lowest BCUT2D eigenvalue weighted by molar-refractivity contribution is 1.08. The van der Waals surface area contributed by atoms with Crippen LogP contribution in [0.25, 0.3) is 110 Å². The first-order valence-electron chi connectivity index (χ1n) is 18.9. The van der Waals surface area contributed by atoms with Gasteiger partial charge < -0.3 is 0 Å². The molecule has 0 saturated carbocycles. The highest BCUT2D eigenvalue weighted by Gasteiger charge is 2.22. The van der Waals surface area contributed by atoms with Gasteiger partial charge in [-0.25, -0.2) is 15.0 Å². The Morgan fingerprint density at radius 1 is 0.286 bits per heavy atom. The van der Waals surface area contributed by atoms with Gasteiger partial charge in [0.25, 0.3) is 0 Å². The lowest BCUT2D eigenvalue weighted by Crippen LogP contribution is -2.02. The summed E-state index contributed by atoms with van der Waals surface area (Å²) < 4.78 is 0. The molecule has 9 aromatic carbocycles. The van der Waals surface area contributed by atoms with Gasteiger partial charge in [-0.1, -0.05) is 158 Å². The standard InChI is InChI=1S/C52H32N4/c1-3-14-33(15-4-1)37-25-28-43-46(32-37)48(47-24-11-12-29-53-47)41-20-9-10-21-42(41)49(43)52-55-50(34-16-5-2-6-17-34)54-51(56-52)44-23-13-22-39-40(44)27-26-38-30-35-18-7-8-19-36(35)31-45(38)39/h1-32H. The number of pyridine rings is 1. The summed E-state index contributed by atoms with van der Waals surface area (Å²) >= 11 is 0. The molecule has 0 N–H and O–H groups in total. The van der Waals surface area contributed by atoms with Gasteiger partial charge in [0.1, 0.15) is 0 Å². The highest BCUT2D eigenvalue weighted by atomic mass is 15.0. The van der Waals surface area contributed by atoms with Crippen LogP contribution in [0.15, 0.2) is 194 Å². The van der Waals surface area contributed by atoms with Gasteiger partial charge in [-0.2, -0.15) is 0 Å². The van der Waals surface area contributed by atoms with E-state index in [-0.39, 0.29) is 0 Å². The Hall–Kier alpha value is -7.56. The molecular weight excluding hydrogens is 681 g/mol. The average Bonchev–Trinajstić information content (AvgIpc) is 3.27. The molecule has 11 rings (SSSR count). The van der Waals surface area contributed by atoms with Crippen LogP contribution in [-0.4, -0.2) is 19.9 Å². The van der Waals surface area contributed by atoms with E-state index in [2.05, 4.69) is 164 Å². The second-order valence-electron chi connectivity index (χ2n) is 14.2. The van der Waals surface area contributed by atoms with Gasteiger partial charge in [-0.3, -0.25) is 4.98 Å². The van der Waals surface area contributed by atoms with Crippen LogP contribution in [-0.2, 0) is 0 Å². The van der Waals surface area contributed by atoms with Gasteiger partial charge in [0.2, 0.25) is 0 Å². The fourth-order valence-corrected chi connectivity index (χ4v) is 8.32. The Kier molecular flexibility index (Phi) is 7.46. The molecular formula is C52H32N4. The first-order chi connectivity index (χ1) is 27.8.